The number of nitrogen functional groups attached to an aromatic ring is 1. The van der Waals surface area contributed by atoms with E-state index in [4.69, 9.17) is 10.0 Å². The Balaban J connectivity index is 2.08. The largest absolute Gasteiger partial charge is 0.382 e. The zero-order valence-corrected chi connectivity index (χ0v) is 10.9. The van der Waals surface area contributed by atoms with Gasteiger partial charge in [0, 0.05) is 5.69 Å². The first-order valence-corrected chi connectivity index (χ1v) is 7.19. The van der Waals surface area contributed by atoms with E-state index in [1.54, 1.807) is 54.6 Å². The van der Waals surface area contributed by atoms with Crippen molar-refractivity contribution in [2.75, 3.05) is 5.43 Å². The molecule has 0 radical (unpaired) electrons. The van der Waals surface area contributed by atoms with E-state index >= 15 is 0 Å². The molecule has 0 unspecified atom stereocenters. The summed E-state index contributed by atoms with van der Waals surface area (Å²) < 4.78 is 28.7. The number of nitrogens with two attached hydrogens (primary N) is 1. The molecule has 2 aromatic carbocycles. The Morgan fingerprint density at radius 3 is 2.21 bits per heavy atom. The number of benzene rings is 2. The third kappa shape index (κ3) is 3.97. The average Bonchev–Trinajstić information content (AvgIpc) is 2.39. The molecule has 3 N–H and O–H groups in total. The van der Waals surface area contributed by atoms with Crippen LogP contribution in [0.3, 0.4) is 0 Å². The first-order valence-electron chi connectivity index (χ1n) is 5.62. The highest BCUT2D eigenvalue weighted by atomic mass is 32.2. The van der Waals surface area contributed by atoms with Gasteiger partial charge in [0.05, 0.1) is 0 Å². The molecule has 19 heavy (non-hydrogen) atoms. The monoisotopic (exact) mass is 278 g/mol. The molecule has 0 heterocycles. The van der Waals surface area contributed by atoms with Crippen LogP contribution in [0.15, 0.2) is 54.6 Å². The Labute approximate surface area is 112 Å². The van der Waals surface area contributed by atoms with E-state index in [2.05, 4.69) is 5.43 Å². The molecule has 0 atom stereocenters. The SMILES string of the molecule is NNc1ccc(CS(=O)(=O)Oc2ccccc2)cc1. The fourth-order valence-corrected chi connectivity index (χ4v) is 2.62. The second-order valence-electron chi connectivity index (χ2n) is 3.94. The lowest BCUT2D eigenvalue weighted by molar-refractivity contribution is 0.485. The van der Waals surface area contributed by atoms with Crippen LogP contribution in [0.25, 0.3) is 0 Å². The highest BCUT2D eigenvalue weighted by Crippen LogP contribution is 2.16. The van der Waals surface area contributed by atoms with E-state index in [0.717, 1.165) is 0 Å². The molecular weight excluding hydrogens is 264 g/mol. The number of hydrogen-bond acceptors (Lipinski definition) is 5. The van der Waals surface area contributed by atoms with Crippen LogP contribution in [-0.4, -0.2) is 8.42 Å². The van der Waals surface area contributed by atoms with Crippen LogP contribution in [0.5, 0.6) is 5.75 Å². The zero-order valence-electron chi connectivity index (χ0n) is 10.1. The minimum Gasteiger partial charge on any atom is -0.382 e. The van der Waals surface area contributed by atoms with Crippen LogP contribution in [-0.2, 0) is 15.9 Å². The molecule has 0 saturated carbocycles. The molecule has 0 aliphatic heterocycles. The van der Waals surface area contributed by atoms with Gasteiger partial charge in [-0.1, -0.05) is 30.3 Å². The number of nitrogens with one attached hydrogen (secondary N) is 1. The predicted molar refractivity (Wildman–Crippen MR) is 73.9 cm³/mol. The normalized spacial score (nSPS) is 11.0. The van der Waals surface area contributed by atoms with E-state index < -0.39 is 10.1 Å². The van der Waals surface area contributed by atoms with Gasteiger partial charge in [0.1, 0.15) is 11.5 Å². The van der Waals surface area contributed by atoms with Crippen LogP contribution in [0, 0.1) is 0 Å². The van der Waals surface area contributed by atoms with Gasteiger partial charge in [-0.2, -0.15) is 8.42 Å². The minimum atomic E-state index is -3.66. The van der Waals surface area contributed by atoms with Crippen LogP contribution >= 0.6 is 0 Å². The molecule has 0 amide bonds. The fourth-order valence-electron chi connectivity index (χ4n) is 1.55. The molecule has 0 saturated heterocycles. The predicted octanol–water partition coefficient (Wildman–Crippen LogP) is 1.88. The number of para-hydroxylation sites is 1. The van der Waals surface area contributed by atoms with Gasteiger partial charge in [0.25, 0.3) is 0 Å². The average molecular weight is 278 g/mol. The Bertz CT molecular complexity index is 625. The van der Waals surface area contributed by atoms with Crippen molar-refractivity contribution >= 4 is 15.8 Å². The molecule has 0 spiro atoms. The summed E-state index contributed by atoms with van der Waals surface area (Å²) in [6, 6.07) is 15.2. The molecule has 2 rings (SSSR count). The molecule has 0 aromatic heterocycles. The summed E-state index contributed by atoms with van der Waals surface area (Å²) in [5.41, 5.74) is 3.82. The standard InChI is InChI=1S/C13H14N2O3S/c14-15-12-8-6-11(7-9-12)10-19(16,17)18-13-4-2-1-3-5-13/h1-9,15H,10,14H2. The van der Waals surface area contributed by atoms with E-state index in [1.165, 1.54) is 0 Å². The molecule has 5 nitrogen and oxygen atoms in total. The zero-order chi connectivity index (χ0) is 13.7. The second-order valence-corrected chi connectivity index (χ2v) is 5.51. The van der Waals surface area contributed by atoms with Gasteiger partial charge in [-0.05, 0) is 29.8 Å². The Hall–Kier alpha value is -2.05. The van der Waals surface area contributed by atoms with Crippen molar-refractivity contribution in [3.8, 4) is 5.75 Å². The summed E-state index contributed by atoms with van der Waals surface area (Å²) >= 11 is 0. The topological polar surface area (TPSA) is 81.4 Å². The van der Waals surface area contributed by atoms with Crippen LogP contribution in [0.2, 0.25) is 0 Å². The van der Waals surface area contributed by atoms with Crippen molar-refractivity contribution in [3.63, 3.8) is 0 Å². The molecule has 100 valence electrons. The number of rotatable bonds is 5. The Morgan fingerprint density at radius 2 is 1.63 bits per heavy atom. The van der Waals surface area contributed by atoms with E-state index in [1.807, 2.05) is 0 Å². The molecule has 0 aliphatic carbocycles. The summed E-state index contributed by atoms with van der Waals surface area (Å²) in [5.74, 6) is 5.36. The van der Waals surface area contributed by atoms with E-state index in [0.29, 0.717) is 17.0 Å². The third-order valence-corrected chi connectivity index (χ3v) is 3.56. The highest BCUT2D eigenvalue weighted by molar-refractivity contribution is 7.86. The Kier molecular flexibility index (Phi) is 4.03. The van der Waals surface area contributed by atoms with Gasteiger partial charge in [-0.15, -0.1) is 0 Å². The molecule has 0 aliphatic rings. The van der Waals surface area contributed by atoms with Crippen molar-refractivity contribution in [1.82, 2.24) is 0 Å². The second kappa shape index (κ2) is 5.73. The van der Waals surface area contributed by atoms with Crippen LogP contribution in [0.1, 0.15) is 5.56 Å². The van der Waals surface area contributed by atoms with Crippen LogP contribution < -0.4 is 15.5 Å². The quantitative estimate of drug-likeness (QED) is 0.496. The maximum atomic E-state index is 11.9. The van der Waals surface area contributed by atoms with E-state index in [9.17, 15) is 8.42 Å². The first-order chi connectivity index (χ1) is 9.09. The van der Waals surface area contributed by atoms with Crippen molar-refractivity contribution < 1.29 is 12.6 Å². The smallest absolute Gasteiger partial charge is 0.313 e. The van der Waals surface area contributed by atoms with Crippen molar-refractivity contribution in [2.24, 2.45) is 5.84 Å². The van der Waals surface area contributed by atoms with Gasteiger partial charge in [-0.3, -0.25) is 5.84 Å². The lowest BCUT2D eigenvalue weighted by Gasteiger charge is -2.07. The van der Waals surface area contributed by atoms with Crippen molar-refractivity contribution in [1.29, 1.82) is 0 Å². The maximum absolute atomic E-state index is 11.9. The van der Waals surface area contributed by atoms with Gasteiger partial charge >= 0.3 is 10.1 Å². The molecular formula is C13H14N2O3S. The lowest BCUT2D eigenvalue weighted by Crippen LogP contribution is -2.12. The summed E-state index contributed by atoms with van der Waals surface area (Å²) in [6.45, 7) is 0. The highest BCUT2D eigenvalue weighted by Gasteiger charge is 2.13. The van der Waals surface area contributed by atoms with Crippen molar-refractivity contribution in [2.45, 2.75) is 5.75 Å². The van der Waals surface area contributed by atoms with Crippen molar-refractivity contribution in [3.05, 3.63) is 60.2 Å². The molecule has 6 heteroatoms. The first kappa shape index (κ1) is 13.4. The van der Waals surface area contributed by atoms with Gasteiger partial charge in [-0.25, -0.2) is 0 Å². The maximum Gasteiger partial charge on any atom is 0.313 e. The molecule has 0 fully saturated rings. The van der Waals surface area contributed by atoms with Gasteiger partial charge < -0.3 is 9.61 Å². The van der Waals surface area contributed by atoms with Gasteiger partial charge in [0.15, 0.2) is 0 Å². The molecule has 0 bridgehead atoms. The van der Waals surface area contributed by atoms with Crippen LogP contribution in [0.4, 0.5) is 5.69 Å². The third-order valence-electron chi connectivity index (χ3n) is 2.43. The number of anilines is 1. The Morgan fingerprint density at radius 1 is 1.00 bits per heavy atom. The molecule has 2 aromatic rings. The summed E-state index contributed by atoms with van der Waals surface area (Å²) in [7, 11) is -3.66. The fraction of sp³-hybridized carbons (Fsp3) is 0.0769. The minimum absolute atomic E-state index is 0.188. The number of hydrazine groups is 1. The lowest BCUT2D eigenvalue weighted by atomic mass is 10.2. The summed E-state index contributed by atoms with van der Waals surface area (Å²) in [6.07, 6.45) is 0. The summed E-state index contributed by atoms with van der Waals surface area (Å²) in [4.78, 5) is 0. The van der Waals surface area contributed by atoms with Gasteiger partial charge in [0.2, 0.25) is 0 Å². The number of hydrogen-bond donors (Lipinski definition) is 2. The van der Waals surface area contributed by atoms with E-state index in [-0.39, 0.29) is 5.75 Å². The summed E-state index contributed by atoms with van der Waals surface area (Å²) in [5, 5.41) is 0.